The molecule has 1 aromatic carbocycles. The fourth-order valence-electron chi connectivity index (χ4n) is 1.57. The molecule has 0 unspecified atom stereocenters. The topological polar surface area (TPSA) is 29.5 Å². The summed E-state index contributed by atoms with van der Waals surface area (Å²) >= 11 is 5.36. The summed E-state index contributed by atoms with van der Waals surface area (Å²) in [7, 11) is 1.69. The summed E-state index contributed by atoms with van der Waals surface area (Å²) < 4.78 is 5.47. The maximum absolute atomic E-state index is 10.8. The Bertz CT molecular complexity index is 393. The van der Waals surface area contributed by atoms with E-state index in [4.69, 9.17) is 16.3 Å². The third-order valence-corrected chi connectivity index (χ3v) is 2.86. The number of likely N-dealkylation sites (N-methyl/N-ethyl adjacent to an activating group) is 1. The van der Waals surface area contributed by atoms with Gasteiger partial charge in [0.25, 0.3) is 0 Å². The fraction of sp³-hybridized carbons (Fsp3) is 0.462. The normalized spacial score (nSPS) is 10.1. The van der Waals surface area contributed by atoms with Gasteiger partial charge in [-0.3, -0.25) is 4.79 Å². The molecule has 0 saturated heterocycles. The number of hydrogen-bond acceptors (Lipinski definition) is 2. The van der Waals surface area contributed by atoms with Crippen LogP contribution in [-0.2, 0) is 6.42 Å². The highest BCUT2D eigenvalue weighted by Crippen LogP contribution is 2.19. The van der Waals surface area contributed by atoms with Crippen LogP contribution in [-0.4, -0.2) is 30.5 Å². The second kappa shape index (κ2) is 6.50. The summed E-state index contributed by atoms with van der Waals surface area (Å²) in [5.74, 6) is 0.915. The van der Waals surface area contributed by atoms with Crippen molar-refractivity contribution in [2.45, 2.75) is 20.3 Å². The van der Waals surface area contributed by atoms with E-state index in [1.807, 2.05) is 26.0 Å². The molecule has 0 heterocycles. The molecule has 17 heavy (non-hydrogen) atoms. The van der Waals surface area contributed by atoms with Crippen LogP contribution in [0.4, 0.5) is 4.79 Å². The van der Waals surface area contributed by atoms with E-state index in [1.165, 1.54) is 10.5 Å². The zero-order chi connectivity index (χ0) is 12.8. The summed E-state index contributed by atoms with van der Waals surface area (Å²) in [5, 5.41) is -0.423. The lowest BCUT2D eigenvalue weighted by atomic mass is 10.1. The molecule has 0 spiro atoms. The molecule has 0 aromatic heterocycles. The van der Waals surface area contributed by atoms with E-state index in [0.29, 0.717) is 13.2 Å². The van der Waals surface area contributed by atoms with Gasteiger partial charge in [-0.2, -0.15) is 0 Å². The molecule has 1 amide bonds. The first-order valence-electron chi connectivity index (χ1n) is 5.67. The molecule has 0 aliphatic heterocycles. The SMILES string of the molecule is CCOc1ccc(CCN(C)C(=O)Cl)cc1C. The van der Waals surface area contributed by atoms with E-state index >= 15 is 0 Å². The fourth-order valence-corrected chi connectivity index (χ4v) is 1.65. The molecule has 1 aromatic rings. The summed E-state index contributed by atoms with van der Waals surface area (Å²) in [6, 6.07) is 6.07. The van der Waals surface area contributed by atoms with Gasteiger partial charge in [-0.1, -0.05) is 12.1 Å². The number of hydrogen-bond donors (Lipinski definition) is 0. The highest BCUT2D eigenvalue weighted by molar-refractivity contribution is 6.62. The number of halogens is 1. The minimum atomic E-state index is -0.423. The van der Waals surface area contributed by atoms with Crippen molar-refractivity contribution in [3.8, 4) is 5.75 Å². The van der Waals surface area contributed by atoms with Crippen molar-refractivity contribution in [2.75, 3.05) is 20.2 Å². The van der Waals surface area contributed by atoms with Crippen LogP contribution < -0.4 is 4.74 Å². The molecule has 0 saturated carbocycles. The average molecular weight is 256 g/mol. The van der Waals surface area contributed by atoms with Gasteiger partial charge in [0.15, 0.2) is 0 Å². The van der Waals surface area contributed by atoms with Crippen molar-refractivity contribution in [1.29, 1.82) is 0 Å². The Morgan fingerprint density at radius 3 is 2.71 bits per heavy atom. The number of benzene rings is 1. The molecule has 0 bridgehead atoms. The van der Waals surface area contributed by atoms with E-state index in [1.54, 1.807) is 7.05 Å². The molecule has 0 radical (unpaired) electrons. The van der Waals surface area contributed by atoms with Gasteiger partial charge in [0.05, 0.1) is 6.61 Å². The lowest BCUT2D eigenvalue weighted by Crippen LogP contribution is -2.23. The Labute approximate surface area is 107 Å². The Kier molecular flexibility index (Phi) is 5.29. The van der Waals surface area contributed by atoms with E-state index in [0.717, 1.165) is 17.7 Å². The predicted octanol–water partition coefficient (Wildman–Crippen LogP) is 3.23. The number of nitrogens with zero attached hydrogens (tertiary/aromatic N) is 1. The van der Waals surface area contributed by atoms with Gasteiger partial charge >= 0.3 is 5.37 Å². The van der Waals surface area contributed by atoms with Crippen LogP contribution in [0.25, 0.3) is 0 Å². The second-order valence-corrected chi connectivity index (χ2v) is 4.28. The number of carbonyl (C=O) groups is 1. The van der Waals surface area contributed by atoms with Crippen LogP contribution >= 0.6 is 11.6 Å². The number of rotatable bonds is 5. The smallest absolute Gasteiger partial charge is 0.316 e. The summed E-state index contributed by atoms with van der Waals surface area (Å²) in [6.07, 6.45) is 0.794. The van der Waals surface area contributed by atoms with Crippen molar-refractivity contribution in [3.63, 3.8) is 0 Å². The average Bonchev–Trinajstić information content (AvgIpc) is 2.29. The number of amides is 1. The largest absolute Gasteiger partial charge is 0.494 e. The van der Waals surface area contributed by atoms with Gasteiger partial charge in [-0.15, -0.1) is 0 Å². The molecule has 1 rings (SSSR count). The number of carbonyl (C=O) groups excluding carboxylic acids is 1. The Balaban J connectivity index is 2.61. The zero-order valence-corrected chi connectivity index (χ0v) is 11.3. The van der Waals surface area contributed by atoms with Gasteiger partial charge < -0.3 is 9.64 Å². The molecule has 0 aliphatic carbocycles. The zero-order valence-electron chi connectivity index (χ0n) is 10.5. The van der Waals surface area contributed by atoms with Crippen LogP contribution in [0.1, 0.15) is 18.1 Å². The van der Waals surface area contributed by atoms with Crippen molar-refractivity contribution in [1.82, 2.24) is 4.90 Å². The monoisotopic (exact) mass is 255 g/mol. The standard InChI is InChI=1S/C13H18ClNO2/c1-4-17-12-6-5-11(9-10(12)2)7-8-15(3)13(14)16/h5-6,9H,4,7-8H2,1-3H3. The molecule has 0 fully saturated rings. The number of aryl methyl sites for hydroxylation is 1. The molecule has 0 atom stereocenters. The maximum atomic E-state index is 10.8. The molecular formula is C13H18ClNO2. The number of ether oxygens (including phenoxy) is 1. The molecule has 4 heteroatoms. The van der Waals surface area contributed by atoms with Gasteiger partial charge in [-0.05, 0) is 49.1 Å². The van der Waals surface area contributed by atoms with Crippen LogP contribution in [0.2, 0.25) is 0 Å². The Morgan fingerprint density at radius 1 is 1.47 bits per heavy atom. The van der Waals surface area contributed by atoms with E-state index in [-0.39, 0.29) is 0 Å². The third kappa shape index (κ3) is 4.27. The Morgan fingerprint density at radius 2 is 2.18 bits per heavy atom. The summed E-state index contributed by atoms with van der Waals surface area (Å²) in [4.78, 5) is 12.3. The molecular weight excluding hydrogens is 238 g/mol. The van der Waals surface area contributed by atoms with Gasteiger partial charge in [0.1, 0.15) is 5.75 Å². The van der Waals surface area contributed by atoms with Crippen molar-refractivity contribution < 1.29 is 9.53 Å². The third-order valence-electron chi connectivity index (χ3n) is 2.58. The van der Waals surface area contributed by atoms with Crippen LogP contribution in [0.15, 0.2) is 18.2 Å². The molecule has 0 N–H and O–H groups in total. The second-order valence-electron chi connectivity index (χ2n) is 3.96. The van der Waals surface area contributed by atoms with Crippen molar-refractivity contribution in [3.05, 3.63) is 29.3 Å². The minimum Gasteiger partial charge on any atom is -0.494 e. The summed E-state index contributed by atoms with van der Waals surface area (Å²) in [5.41, 5.74) is 2.29. The van der Waals surface area contributed by atoms with Crippen LogP contribution in [0.3, 0.4) is 0 Å². The molecule has 94 valence electrons. The Hall–Kier alpha value is -1.22. The first-order valence-corrected chi connectivity index (χ1v) is 6.05. The predicted molar refractivity (Wildman–Crippen MR) is 69.9 cm³/mol. The van der Waals surface area contributed by atoms with Gasteiger partial charge in [0, 0.05) is 13.6 Å². The van der Waals surface area contributed by atoms with Crippen LogP contribution in [0, 0.1) is 6.92 Å². The quantitative estimate of drug-likeness (QED) is 0.597. The van der Waals surface area contributed by atoms with E-state index in [2.05, 4.69) is 6.07 Å². The van der Waals surface area contributed by atoms with Gasteiger partial charge in [0.2, 0.25) is 0 Å². The van der Waals surface area contributed by atoms with Gasteiger partial charge in [-0.25, -0.2) is 0 Å². The summed E-state index contributed by atoms with van der Waals surface area (Å²) in [6.45, 7) is 5.28. The maximum Gasteiger partial charge on any atom is 0.316 e. The first kappa shape index (κ1) is 13.8. The molecule has 0 aliphatic rings. The van der Waals surface area contributed by atoms with Crippen molar-refractivity contribution in [2.24, 2.45) is 0 Å². The highest BCUT2D eigenvalue weighted by atomic mass is 35.5. The molecule has 3 nitrogen and oxygen atoms in total. The van der Waals surface area contributed by atoms with E-state index in [9.17, 15) is 4.79 Å². The highest BCUT2D eigenvalue weighted by Gasteiger charge is 2.05. The first-order chi connectivity index (χ1) is 8.04. The van der Waals surface area contributed by atoms with E-state index < -0.39 is 5.37 Å². The van der Waals surface area contributed by atoms with Crippen molar-refractivity contribution >= 4 is 17.0 Å². The van der Waals surface area contributed by atoms with Crippen LogP contribution in [0.5, 0.6) is 5.75 Å². The lowest BCUT2D eigenvalue weighted by Gasteiger charge is -2.14. The lowest BCUT2D eigenvalue weighted by molar-refractivity contribution is 0.232. The minimum absolute atomic E-state index is 0.423.